The van der Waals surface area contributed by atoms with E-state index in [2.05, 4.69) is 63.0 Å². The number of nitrogens with one attached hydrogen (secondary N) is 2. The Balaban J connectivity index is 1.52. The number of aryl methyl sites for hydroxylation is 1. The molecule has 0 radical (unpaired) electrons. The molecule has 1 heterocycles. The molecule has 0 saturated heterocycles. The molecule has 0 bridgehead atoms. The fourth-order valence-corrected chi connectivity index (χ4v) is 2.99. The number of guanidine groups is 1. The number of aliphatic imine (C=N–C) groups is 1. The van der Waals surface area contributed by atoms with Gasteiger partial charge in [-0.1, -0.05) is 24.3 Å². The predicted octanol–water partition coefficient (Wildman–Crippen LogP) is 2.86. The first-order valence-corrected chi connectivity index (χ1v) is 10.4. The smallest absolute Gasteiger partial charge is 0.191 e. The van der Waals surface area contributed by atoms with Crippen molar-refractivity contribution in [2.24, 2.45) is 4.99 Å². The monoisotopic (exact) mass is 422 g/mol. The highest BCUT2D eigenvalue weighted by atomic mass is 16.5. The number of benzene rings is 2. The minimum Gasteiger partial charge on any atom is -0.491 e. The van der Waals surface area contributed by atoms with Gasteiger partial charge in [0.05, 0.1) is 12.3 Å². The summed E-state index contributed by atoms with van der Waals surface area (Å²) < 4.78 is 13.0. The topological polar surface area (TPSA) is 85.6 Å². The first-order chi connectivity index (χ1) is 15.2. The van der Waals surface area contributed by atoms with Gasteiger partial charge in [-0.05, 0) is 43.2 Å². The van der Waals surface area contributed by atoms with Crippen LogP contribution >= 0.6 is 0 Å². The van der Waals surface area contributed by atoms with Crippen LogP contribution in [0, 0.1) is 6.92 Å². The zero-order valence-corrected chi connectivity index (χ0v) is 18.3. The molecule has 0 aliphatic carbocycles. The molecule has 0 spiro atoms. The second-order valence-electron chi connectivity index (χ2n) is 6.94. The number of nitrogens with zero attached hydrogens (tertiary/aromatic N) is 4. The van der Waals surface area contributed by atoms with Crippen molar-refractivity contribution in [2.75, 3.05) is 26.9 Å². The Morgan fingerprint density at radius 1 is 1.06 bits per heavy atom. The molecular weight excluding hydrogens is 392 g/mol. The van der Waals surface area contributed by atoms with Crippen LogP contribution < -0.4 is 15.4 Å². The van der Waals surface area contributed by atoms with Crippen LogP contribution in [0.25, 0.3) is 5.69 Å². The van der Waals surface area contributed by atoms with Crippen LogP contribution in [0.2, 0.25) is 0 Å². The van der Waals surface area contributed by atoms with E-state index in [1.54, 1.807) is 18.1 Å². The maximum Gasteiger partial charge on any atom is 0.191 e. The Morgan fingerprint density at radius 2 is 1.87 bits per heavy atom. The van der Waals surface area contributed by atoms with Crippen LogP contribution in [-0.2, 0) is 17.8 Å². The summed E-state index contributed by atoms with van der Waals surface area (Å²) in [6, 6.07) is 14.4. The molecule has 0 amide bonds. The summed E-state index contributed by atoms with van der Waals surface area (Å²) in [5, 5.41) is 10.8. The van der Waals surface area contributed by atoms with Gasteiger partial charge in [-0.25, -0.2) is 9.67 Å². The summed E-state index contributed by atoms with van der Waals surface area (Å²) in [4.78, 5) is 8.29. The molecule has 0 atom stereocenters. The molecule has 31 heavy (non-hydrogen) atoms. The lowest BCUT2D eigenvalue weighted by Gasteiger charge is -2.16. The second-order valence-corrected chi connectivity index (χ2v) is 6.94. The van der Waals surface area contributed by atoms with Crippen molar-refractivity contribution in [2.45, 2.75) is 26.9 Å². The third kappa shape index (κ3) is 6.82. The lowest BCUT2D eigenvalue weighted by molar-refractivity contribution is 0.110. The van der Waals surface area contributed by atoms with E-state index < -0.39 is 0 Å². The number of ether oxygens (including phenoxy) is 2. The average Bonchev–Trinajstić information content (AvgIpc) is 3.33. The van der Waals surface area contributed by atoms with Gasteiger partial charge in [-0.15, -0.1) is 0 Å². The fraction of sp³-hybridized carbons (Fsp3) is 0.348. The van der Waals surface area contributed by atoms with Crippen molar-refractivity contribution in [3.05, 3.63) is 71.8 Å². The van der Waals surface area contributed by atoms with Gasteiger partial charge >= 0.3 is 0 Å². The standard InChI is InChI=1S/C23H30N6O2/c1-4-30-11-12-31-22-13-18(2)5-8-20(22)15-27-23(24-3)26-14-19-6-9-21(10-7-19)29-17-25-16-28-29/h5-10,13,16-17H,4,11-12,14-15H2,1-3H3,(H2,24,26,27). The zero-order chi connectivity index (χ0) is 21.9. The van der Waals surface area contributed by atoms with Crippen molar-refractivity contribution < 1.29 is 9.47 Å². The summed E-state index contributed by atoms with van der Waals surface area (Å²) in [6.07, 6.45) is 3.20. The second kappa shape index (κ2) is 11.7. The van der Waals surface area contributed by atoms with Gasteiger partial charge < -0.3 is 20.1 Å². The van der Waals surface area contributed by atoms with Gasteiger partial charge in [0, 0.05) is 32.3 Å². The van der Waals surface area contributed by atoms with Gasteiger partial charge in [0.15, 0.2) is 5.96 Å². The third-order valence-corrected chi connectivity index (χ3v) is 4.66. The third-order valence-electron chi connectivity index (χ3n) is 4.66. The SMILES string of the molecule is CCOCCOc1cc(C)ccc1CNC(=NC)NCc1ccc(-n2cncn2)cc1. The summed E-state index contributed by atoms with van der Waals surface area (Å²) in [7, 11) is 1.76. The predicted molar refractivity (Wildman–Crippen MR) is 122 cm³/mol. The van der Waals surface area contributed by atoms with Crippen LogP contribution in [0.1, 0.15) is 23.6 Å². The van der Waals surface area contributed by atoms with Crippen LogP contribution in [0.5, 0.6) is 5.75 Å². The minimum absolute atomic E-state index is 0.530. The molecule has 0 fully saturated rings. The molecule has 2 aromatic carbocycles. The summed E-state index contributed by atoms with van der Waals surface area (Å²) >= 11 is 0. The van der Waals surface area contributed by atoms with Crippen molar-refractivity contribution in [1.29, 1.82) is 0 Å². The molecule has 3 aromatic rings. The van der Waals surface area contributed by atoms with Crippen LogP contribution in [0.3, 0.4) is 0 Å². The maximum absolute atomic E-state index is 5.92. The van der Waals surface area contributed by atoms with Crippen LogP contribution in [0.4, 0.5) is 0 Å². The molecule has 0 unspecified atom stereocenters. The highest BCUT2D eigenvalue weighted by Crippen LogP contribution is 2.20. The van der Waals surface area contributed by atoms with Gasteiger partial charge in [0.1, 0.15) is 25.0 Å². The lowest BCUT2D eigenvalue weighted by atomic mass is 10.1. The number of aromatic nitrogens is 3. The van der Waals surface area contributed by atoms with Crippen molar-refractivity contribution in [3.8, 4) is 11.4 Å². The molecule has 3 rings (SSSR count). The summed E-state index contributed by atoms with van der Waals surface area (Å²) in [6.45, 7) is 7.10. The van der Waals surface area contributed by atoms with E-state index in [-0.39, 0.29) is 0 Å². The molecule has 0 aliphatic rings. The molecule has 164 valence electrons. The van der Waals surface area contributed by atoms with Gasteiger partial charge in [-0.2, -0.15) is 5.10 Å². The lowest BCUT2D eigenvalue weighted by Crippen LogP contribution is -2.36. The van der Waals surface area contributed by atoms with Gasteiger partial charge in [0.2, 0.25) is 0 Å². The summed E-state index contributed by atoms with van der Waals surface area (Å²) in [5.74, 6) is 1.59. The van der Waals surface area contributed by atoms with Crippen molar-refractivity contribution >= 4 is 5.96 Å². The maximum atomic E-state index is 5.92. The molecule has 8 nitrogen and oxygen atoms in total. The van der Waals surface area contributed by atoms with E-state index in [4.69, 9.17) is 9.47 Å². The van der Waals surface area contributed by atoms with E-state index in [0.29, 0.717) is 32.9 Å². The van der Waals surface area contributed by atoms with Gasteiger partial charge in [-0.3, -0.25) is 4.99 Å². The Hall–Kier alpha value is -3.39. The largest absolute Gasteiger partial charge is 0.491 e. The quantitative estimate of drug-likeness (QED) is 0.297. The first-order valence-electron chi connectivity index (χ1n) is 10.4. The highest BCUT2D eigenvalue weighted by Gasteiger charge is 2.06. The number of rotatable bonds is 10. The molecule has 0 saturated carbocycles. The molecule has 0 aliphatic heterocycles. The minimum atomic E-state index is 0.530. The van der Waals surface area contributed by atoms with Crippen LogP contribution in [-0.4, -0.2) is 47.6 Å². The Morgan fingerprint density at radius 3 is 2.58 bits per heavy atom. The molecular formula is C23H30N6O2. The van der Waals surface area contributed by atoms with E-state index in [9.17, 15) is 0 Å². The fourth-order valence-electron chi connectivity index (χ4n) is 2.99. The average molecular weight is 423 g/mol. The van der Waals surface area contributed by atoms with Crippen LogP contribution in [0.15, 0.2) is 60.1 Å². The molecule has 8 heteroatoms. The highest BCUT2D eigenvalue weighted by molar-refractivity contribution is 5.79. The van der Waals surface area contributed by atoms with Crippen molar-refractivity contribution in [1.82, 2.24) is 25.4 Å². The normalized spacial score (nSPS) is 11.4. The molecule has 1 aromatic heterocycles. The van der Waals surface area contributed by atoms with Crippen molar-refractivity contribution in [3.63, 3.8) is 0 Å². The number of hydrogen-bond donors (Lipinski definition) is 2. The van der Waals surface area contributed by atoms with E-state index >= 15 is 0 Å². The van der Waals surface area contributed by atoms with E-state index in [1.165, 1.54) is 6.33 Å². The Bertz CT molecular complexity index is 955. The Labute approximate surface area is 183 Å². The van der Waals surface area contributed by atoms with E-state index in [0.717, 1.165) is 34.1 Å². The Kier molecular flexibility index (Phi) is 8.42. The zero-order valence-electron chi connectivity index (χ0n) is 18.3. The van der Waals surface area contributed by atoms with E-state index in [1.807, 2.05) is 19.1 Å². The summed E-state index contributed by atoms with van der Waals surface area (Å²) in [5.41, 5.74) is 4.34. The number of hydrogen-bond acceptors (Lipinski definition) is 5. The van der Waals surface area contributed by atoms with Gasteiger partial charge in [0.25, 0.3) is 0 Å². The molecule has 2 N–H and O–H groups in total. The first kappa shape index (κ1) is 22.3.